The Morgan fingerprint density at radius 1 is 1.26 bits per heavy atom. The molecule has 0 aromatic heterocycles. The second kappa shape index (κ2) is 6.44. The van der Waals surface area contributed by atoms with E-state index in [0.717, 1.165) is 25.5 Å². The summed E-state index contributed by atoms with van der Waals surface area (Å²) in [6, 6.07) is 4.26. The fourth-order valence-corrected chi connectivity index (χ4v) is 2.71. The van der Waals surface area contributed by atoms with Gasteiger partial charge in [-0.2, -0.15) is 0 Å². The number of hydrogen-bond acceptors (Lipinski definition) is 2. The second-order valence-electron chi connectivity index (χ2n) is 5.04. The molecule has 0 bridgehead atoms. The molecule has 19 heavy (non-hydrogen) atoms. The Kier molecular flexibility index (Phi) is 4.88. The van der Waals surface area contributed by atoms with Crippen molar-refractivity contribution in [3.63, 3.8) is 0 Å². The maximum atomic E-state index is 13.8. The van der Waals surface area contributed by atoms with E-state index < -0.39 is 17.7 Å². The van der Waals surface area contributed by atoms with Crippen molar-refractivity contribution in [1.29, 1.82) is 0 Å². The Hall–Kier alpha value is -1.00. The molecule has 1 fully saturated rings. The van der Waals surface area contributed by atoms with Crippen LogP contribution in [0.15, 0.2) is 18.2 Å². The van der Waals surface area contributed by atoms with E-state index in [-0.39, 0.29) is 6.10 Å². The van der Waals surface area contributed by atoms with Crippen LogP contribution in [0.3, 0.4) is 0 Å². The van der Waals surface area contributed by atoms with E-state index in [1.807, 2.05) is 0 Å². The molecule has 1 aromatic carbocycles. The molecule has 2 atom stereocenters. The lowest BCUT2D eigenvalue weighted by molar-refractivity contribution is -0.0702. The van der Waals surface area contributed by atoms with Crippen molar-refractivity contribution >= 4 is 0 Å². The summed E-state index contributed by atoms with van der Waals surface area (Å²) in [5, 5.41) is 3.27. The zero-order valence-corrected chi connectivity index (χ0v) is 11.5. The summed E-state index contributed by atoms with van der Waals surface area (Å²) < 4.78 is 33.0. The molecular formula is C15H21F2NO. The average Bonchev–Trinajstić information content (AvgIpc) is 2.44. The van der Waals surface area contributed by atoms with Gasteiger partial charge in [0.1, 0.15) is 0 Å². The highest BCUT2D eigenvalue weighted by molar-refractivity contribution is 5.22. The summed E-state index contributed by atoms with van der Waals surface area (Å²) in [6.45, 7) is 5.56. The number of halogens is 2. The van der Waals surface area contributed by atoms with Gasteiger partial charge in [0.2, 0.25) is 0 Å². The molecule has 106 valence electrons. The lowest BCUT2D eigenvalue weighted by Crippen LogP contribution is -2.44. The minimum Gasteiger partial charge on any atom is -0.367 e. The molecule has 2 unspecified atom stereocenters. The summed E-state index contributed by atoms with van der Waals surface area (Å²) in [5.41, 5.74) is 0.308. The third-order valence-corrected chi connectivity index (χ3v) is 3.92. The Morgan fingerprint density at radius 2 is 2.00 bits per heavy atom. The minimum absolute atomic E-state index is 0.0661. The first-order chi connectivity index (χ1) is 9.17. The van der Waals surface area contributed by atoms with Crippen LogP contribution in [-0.2, 0) is 4.74 Å². The van der Waals surface area contributed by atoms with Crippen molar-refractivity contribution in [1.82, 2.24) is 5.32 Å². The molecule has 4 heteroatoms. The smallest absolute Gasteiger partial charge is 0.164 e. The molecule has 0 radical (unpaired) electrons. The summed E-state index contributed by atoms with van der Waals surface area (Å²) >= 11 is 0. The van der Waals surface area contributed by atoms with Crippen LogP contribution in [0.5, 0.6) is 0 Å². The molecule has 0 aliphatic carbocycles. The van der Waals surface area contributed by atoms with Crippen molar-refractivity contribution in [2.45, 2.75) is 38.9 Å². The number of rotatable bonds is 4. The van der Waals surface area contributed by atoms with Crippen molar-refractivity contribution in [2.24, 2.45) is 5.92 Å². The van der Waals surface area contributed by atoms with Gasteiger partial charge in [-0.3, -0.25) is 0 Å². The molecule has 1 aromatic rings. The lowest BCUT2D eigenvalue weighted by Gasteiger charge is -2.35. The first-order valence-electron chi connectivity index (χ1n) is 6.97. The molecule has 0 saturated carbocycles. The third kappa shape index (κ3) is 3.12. The molecule has 1 heterocycles. The van der Waals surface area contributed by atoms with Crippen molar-refractivity contribution in [2.75, 3.05) is 13.1 Å². The van der Waals surface area contributed by atoms with E-state index in [4.69, 9.17) is 4.74 Å². The summed E-state index contributed by atoms with van der Waals surface area (Å²) in [7, 11) is 0. The normalized spacial score (nSPS) is 23.8. The standard InChI is InChI=1S/C15H21F2NO/c1-3-10(4-2)13-8-18-9-14(19-13)11-6-5-7-12(16)15(11)17/h5-7,10,13-14,18H,3-4,8-9H2,1-2H3. The second-order valence-corrected chi connectivity index (χ2v) is 5.04. The molecule has 1 saturated heterocycles. The van der Waals surface area contributed by atoms with Gasteiger partial charge in [-0.1, -0.05) is 38.8 Å². The predicted octanol–water partition coefficient (Wildman–Crippen LogP) is 3.43. The van der Waals surface area contributed by atoms with Crippen molar-refractivity contribution in [3.8, 4) is 0 Å². The van der Waals surface area contributed by atoms with Gasteiger partial charge in [-0.25, -0.2) is 8.78 Å². The van der Waals surface area contributed by atoms with Gasteiger partial charge in [-0.15, -0.1) is 0 Å². The molecule has 2 nitrogen and oxygen atoms in total. The van der Waals surface area contributed by atoms with Gasteiger partial charge in [0.25, 0.3) is 0 Å². The first kappa shape index (κ1) is 14.4. The van der Waals surface area contributed by atoms with E-state index in [2.05, 4.69) is 19.2 Å². The SMILES string of the molecule is CCC(CC)C1CNCC(c2cccc(F)c2F)O1. The Morgan fingerprint density at radius 3 is 2.68 bits per heavy atom. The number of hydrogen-bond donors (Lipinski definition) is 1. The van der Waals surface area contributed by atoms with Gasteiger partial charge < -0.3 is 10.1 Å². The quantitative estimate of drug-likeness (QED) is 0.904. The Bertz CT molecular complexity index is 421. The summed E-state index contributed by atoms with van der Waals surface area (Å²) in [5.74, 6) is -1.16. The van der Waals surface area contributed by atoms with Crippen molar-refractivity contribution < 1.29 is 13.5 Å². The summed E-state index contributed by atoms with van der Waals surface area (Å²) in [6.07, 6.45) is 1.72. The van der Waals surface area contributed by atoms with Crippen LogP contribution in [0.1, 0.15) is 38.4 Å². The summed E-state index contributed by atoms with van der Waals surface area (Å²) in [4.78, 5) is 0. The number of nitrogens with one attached hydrogen (secondary N) is 1. The molecule has 0 spiro atoms. The minimum atomic E-state index is -0.814. The molecule has 0 amide bonds. The molecule has 1 aliphatic rings. The lowest BCUT2D eigenvalue weighted by atomic mass is 9.94. The van der Waals surface area contributed by atoms with Crippen molar-refractivity contribution in [3.05, 3.63) is 35.4 Å². The molecule has 1 N–H and O–H groups in total. The zero-order valence-electron chi connectivity index (χ0n) is 11.5. The monoisotopic (exact) mass is 269 g/mol. The molecular weight excluding hydrogens is 248 g/mol. The van der Waals surface area contributed by atoms with Gasteiger partial charge in [-0.05, 0) is 12.0 Å². The fraction of sp³-hybridized carbons (Fsp3) is 0.600. The van der Waals surface area contributed by atoms with E-state index in [0.29, 0.717) is 18.0 Å². The number of morpholine rings is 1. The van der Waals surface area contributed by atoms with E-state index in [1.165, 1.54) is 6.07 Å². The van der Waals surface area contributed by atoms with Gasteiger partial charge >= 0.3 is 0 Å². The van der Waals surface area contributed by atoms with Crippen LogP contribution < -0.4 is 5.32 Å². The van der Waals surface area contributed by atoms with Gasteiger partial charge in [0.05, 0.1) is 12.2 Å². The molecule has 2 rings (SSSR count). The maximum absolute atomic E-state index is 13.8. The van der Waals surface area contributed by atoms with Gasteiger partial charge in [0, 0.05) is 18.7 Å². The van der Waals surface area contributed by atoms with Crippen LogP contribution in [0.2, 0.25) is 0 Å². The third-order valence-electron chi connectivity index (χ3n) is 3.92. The number of benzene rings is 1. The van der Waals surface area contributed by atoms with Crippen LogP contribution in [0.25, 0.3) is 0 Å². The zero-order chi connectivity index (χ0) is 13.8. The topological polar surface area (TPSA) is 21.3 Å². The highest BCUT2D eigenvalue weighted by atomic mass is 19.2. The Balaban J connectivity index is 2.15. The highest BCUT2D eigenvalue weighted by Crippen LogP contribution is 2.29. The van der Waals surface area contributed by atoms with Crippen LogP contribution in [-0.4, -0.2) is 19.2 Å². The fourth-order valence-electron chi connectivity index (χ4n) is 2.71. The largest absolute Gasteiger partial charge is 0.367 e. The van der Waals surface area contributed by atoms with E-state index in [1.54, 1.807) is 6.07 Å². The maximum Gasteiger partial charge on any atom is 0.164 e. The Labute approximate surface area is 113 Å². The van der Waals surface area contributed by atoms with E-state index in [9.17, 15) is 8.78 Å². The molecule has 1 aliphatic heterocycles. The van der Waals surface area contributed by atoms with E-state index >= 15 is 0 Å². The van der Waals surface area contributed by atoms with Crippen LogP contribution in [0.4, 0.5) is 8.78 Å². The van der Waals surface area contributed by atoms with Gasteiger partial charge in [0.15, 0.2) is 11.6 Å². The number of ether oxygens (including phenoxy) is 1. The van der Waals surface area contributed by atoms with Crippen LogP contribution in [0, 0.1) is 17.6 Å². The van der Waals surface area contributed by atoms with Crippen LogP contribution >= 0.6 is 0 Å². The predicted molar refractivity (Wildman–Crippen MR) is 70.9 cm³/mol. The highest BCUT2D eigenvalue weighted by Gasteiger charge is 2.29. The first-order valence-corrected chi connectivity index (χ1v) is 6.97. The average molecular weight is 269 g/mol.